The van der Waals surface area contributed by atoms with Gasteiger partial charge < -0.3 is 11.1 Å². The molecule has 0 aliphatic carbocycles. The molecule has 1 amide bonds. The molecule has 0 radical (unpaired) electrons. The molecule has 0 aromatic heterocycles. The topological polar surface area (TPSA) is 55.1 Å². The first-order chi connectivity index (χ1) is 5.22. The van der Waals surface area contributed by atoms with E-state index in [0.29, 0.717) is 5.57 Å². The summed E-state index contributed by atoms with van der Waals surface area (Å²) in [6, 6.07) is 0. The number of primary amides is 1. The van der Waals surface area contributed by atoms with Crippen molar-refractivity contribution >= 4 is 5.91 Å². The van der Waals surface area contributed by atoms with E-state index in [1.54, 1.807) is 0 Å². The van der Waals surface area contributed by atoms with Crippen molar-refractivity contribution in [2.24, 2.45) is 11.7 Å². The lowest BCUT2D eigenvalue weighted by Crippen LogP contribution is -2.33. The largest absolute Gasteiger partial charge is 0.366 e. The van der Waals surface area contributed by atoms with Gasteiger partial charge in [0, 0.05) is 18.0 Å². The molecular formula is C8H14N2O. The maximum absolute atomic E-state index is 10.7. The number of amides is 1. The van der Waals surface area contributed by atoms with Gasteiger partial charge in [-0.2, -0.15) is 0 Å². The minimum atomic E-state index is -0.362. The Kier molecular flexibility index (Phi) is 2.65. The molecule has 0 aromatic rings. The second-order valence-electron chi connectivity index (χ2n) is 2.93. The van der Waals surface area contributed by atoms with Gasteiger partial charge in [0.15, 0.2) is 0 Å². The number of rotatable bonds is 2. The van der Waals surface area contributed by atoms with E-state index in [0.717, 1.165) is 25.9 Å². The van der Waals surface area contributed by atoms with Gasteiger partial charge in [0.1, 0.15) is 0 Å². The number of nitrogens with two attached hydrogens (primary N) is 1. The van der Waals surface area contributed by atoms with Crippen molar-refractivity contribution in [3.05, 3.63) is 12.2 Å². The molecule has 3 heteroatoms. The molecule has 1 saturated heterocycles. The predicted octanol–water partition coefficient (Wildman–Crippen LogP) is 0.0275. The van der Waals surface area contributed by atoms with E-state index < -0.39 is 0 Å². The van der Waals surface area contributed by atoms with Gasteiger partial charge in [-0.15, -0.1) is 0 Å². The van der Waals surface area contributed by atoms with Crippen LogP contribution in [0.2, 0.25) is 0 Å². The van der Waals surface area contributed by atoms with Crippen LogP contribution in [0.15, 0.2) is 12.2 Å². The summed E-state index contributed by atoms with van der Waals surface area (Å²) >= 11 is 0. The summed E-state index contributed by atoms with van der Waals surface area (Å²) in [5, 5.41) is 3.20. The molecule has 0 saturated carbocycles. The predicted molar refractivity (Wildman–Crippen MR) is 43.9 cm³/mol. The molecule has 62 valence electrons. The minimum absolute atomic E-state index is 0.265. The van der Waals surface area contributed by atoms with Gasteiger partial charge in [0.05, 0.1) is 0 Å². The zero-order valence-electron chi connectivity index (χ0n) is 6.60. The van der Waals surface area contributed by atoms with Crippen LogP contribution in [0, 0.1) is 5.92 Å². The van der Waals surface area contributed by atoms with E-state index in [-0.39, 0.29) is 11.8 Å². The Hall–Kier alpha value is -0.830. The molecule has 1 fully saturated rings. The van der Waals surface area contributed by atoms with Crippen molar-refractivity contribution in [1.29, 1.82) is 0 Å². The second-order valence-corrected chi connectivity index (χ2v) is 2.93. The van der Waals surface area contributed by atoms with Gasteiger partial charge in [0.25, 0.3) is 0 Å². The van der Waals surface area contributed by atoms with E-state index in [9.17, 15) is 4.79 Å². The average molecular weight is 154 g/mol. The van der Waals surface area contributed by atoms with Crippen LogP contribution in [0.5, 0.6) is 0 Å². The molecule has 0 aromatic carbocycles. The Morgan fingerprint density at radius 2 is 2.36 bits per heavy atom. The van der Waals surface area contributed by atoms with Gasteiger partial charge in [-0.3, -0.25) is 4.79 Å². The number of piperidine rings is 1. The van der Waals surface area contributed by atoms with E-state index >= 15 is 0 Å². The molecule has 0 spiro atoms. The molecule has 1 rings (SSSR count). The summed E-state index contributed by atoms with van der Waals surface area (Å²) in [5.41, 5.74) is 5.67. The van der Waals surface area contributed by atoms with Crippen LogP contribution in [0.25, 0.3) is 0 Å². The van der Waals surface area contributed by atoms with Crippen LogP contribution in [-0.2, 0) is 4.79 Å². The fourth-order valence-corrected chi connectivity index (χ4v) is 1.35. The van der Waals surface area contributed by atoms with Gasteiger partial charge >= 0.3 is 0 Å². The molecule has 3 N–H and O–H groups in total. The normalized spacial score (nSPS) is 24.5. The molecule has 3 nitrogen and oxygen atoms in total. The van der Waals surface area contributed by atoms with Crippen LogP contribution in [0.1, 0.15) is 12.8 Å². The minimum Gasteiger partial charge on any atom is -0.366 e. The highest BCUT2D eigenvalue weighted by Gasteiger charge is 2.18. The lowest BCUT2D eigenvalue weighted by atomic mass is 9.92. The fourth-order valence-electron chi connectivity index (χ4n) is 1.35. The number of hydrogen-bond acceptors (Lipinski definition) is 2. The summed E-state index contributed by atoms with van der Waals surface area (Å²) in [6.07, 6.45) is 2.14. The van der Waals surface area contributed by atoms with Crippen LogP contribution < -0.4 is 11.1 Å². The van der Waals surface area contributed by atoms with Gasteiger partial charge in [-0.25, -0.2) is 0 Å². The number of carbonyl (C=O) groups is 1. The van der Waals surface area contributed by atoms with Gasteiger partial charge in [-0.1, -0.05) is 6.58 Å². The third-order valence-electron chi connectivity index (χ3n) is 2.11. The zero-order chi connectivity index (χ0) is 8.27. The SMILES string of the molecule is C=C(C(N)=O)[C@@H]1CCCNC1. The van der Waals surface area contributed by atoms with Crippen molar-refractivity contribution in [2.75, 3.05) is 13.1 Å². The fraction of sp³-hybridized carbons (Fsp3) is 0.625. The molecule has 11 heavy (non-hydrogen) atoms. The maximum Gasteiger partial charge on any atom is 0.244 e. The highest BCUT2D eigenvalue weighted by molar-refractivity contribution is 5.91. The first kappa shape index (κ1) is 8.27. The Morgan fingerprint density at radius 1 is 1.64 bits per heavy atom. The lowest BCUT2D eigenvalue weighted by molar-refractivity contribution is -0.115. The Bertz CT molecular complexity index is 171. The summed E-state index contributed by atoms with van der Waals surface area (Å²) < 4.78 is 0. The molecule has 0 bridgehead atoms. The highest BCUT2D eigenvalue weighted by Crippen LogP contribution is 2.16. The van der Waals surface area contributed by atoms with Crippen LogP contribution >= 0.6 is 0 Å². The molecular weight excluding hydrogens is 140 g/mol. The molecule has 0 unspecified atom stereocenters. The number of nitrogens with one attached hydrogen (secondary N) is 1. The number of hydrogen-bond donors (Lipinski definition) is 2. The summed E-state index contributed by atoms with van der Waals surface area (Å²) in [6.45, 7) is 5.56. The quantitative estimate of drug-likeness (QED) is 0.551. The van der Waals surface area contributed by atoms with Crippen molar-refractivity contribution in [2.45, 2.75) is 12.8 Å². The van der Waals surface area contributed by atoms with Crippen molar-refractivity contribution in [3.63, 3.8) is 0 Å². The third kappa shape index (κ3) is 2.05. The van der Waals surface area contributed by atoms with Crippen molar-refractivity contribution in [3.8, 4) is 0 Å². The summed E-state index contributed by atoms with van der Waals surface area (Å²) in [5.74, 6) is -0.0973. The highest BCUT2D eigenvalue weighted by atomic mass is 16.1. The summed E-state index contributed by atoms with van der Waals surface area (Å²) in [7, 11) is 0. The van der Waals surface area contributed by atoms with E-state index in [1.807, 2.05) is 0 Å². The first-order valence-electron chi connectivity index (χ1n) is 3.91. The lowest BCUT2D eigenvalue weighted by Gasteiger charge is -2.22. The van der Waals surface area contributed by atoms with E-state index in [1.165, 1.54) is 0 Å². The van der Waals surface area contributed by atoms with Crippen LogP contribution in [0.3, 0.4) is 0 Å². The average Bonchev–Trinajstić information content (AvgIpc) is 2.05. The standard InChI is InChI=1S/C8H14N2O/c1-6(8(9)11)7-3-2-4-10-5-7/h7,10H,1-5H2,(H2,9,11)/t7-/m1/s1. The molecule has 1 heterocycles. The zero-order valence-corrected chi connectivity index (χ0v) is 6.60. The van der Waals surface area contributed by atoms with Crippen LogP contribution in [-0.4, -0.2) is 19.0 Å². The number of carbonyl (C=O) groups excluding carboxylic acids is 1. The first-order valence-corrected chi connectivity index (χ1v) is 3.91. The van der Waals surface area contributed by atoms with Gasteiger partial charge in [0.2, 0.25) is 5.91 Å². The van der Waals surface area contributed by atoms with Crippen molar-refractivity contribution < 1.29 is 4.79 Å². The van der Waals surface area contributed by atoms with Crippen molar-refractivity contribution in [1.82, 2.24) is 5.32 Å². The second kappa shape index (κ2) is 3.53. The smallest absolute Gasteiger partial charge is 0.244 e. The Morgan fingerprint density at radius 3 is 2.82 bits per heavy atom. The van der Waals surface area contributed by atoms with E-state index in [2.05, 4.69) is 11.9 Å². The molecule has 1 atom stereocenters. The molecule has 1 aliphatic rings. The molecule has 1 aliphatic heterocycles. The van der Waals surface area contributed by atoms with Gasteiger partial charge in [-0.05, 0) is 19.4 Å². The monoisotopic (exact) mass is 154 g/mol. The Labute approximate surface area is 66.6 Å². The van der Waals surface area contributed by atoms with Crippen LogP contribution in [0.4, 0.5) is 0 Å². The third-order valence-corrected chi connectivity index (χ3v) is 2.11. The van der Waals surface area contributed by atoms with E-state index in [4.69, 9.17) is 5.73 Å². The summed E-state index contributed by atoms with van der Waals surface area (Å²) in [4.78, 5) is 10.7. The Balaban J connectivity index is 2.45. The maximum atomic E-state index is 10.7.